The van der Waals surface area contributed by atoms with E-state index in [2.05, 4.69) is 28.9 Å². The van der Waals surface area contributed by atoms with E-state index in [1.165, 1.54) is 18.2 Å². The minimum atomic E-state index is -0.189. The number of alkyl halides is 1. The highest BCUT2D eigenvalue weighted by Crippen LogP contribution is 2.22. The second-order valence-corrected chi connectivity index (χ2v) is 4.10. The Kier molecular flexibility index (Phi) is 4.33. The van der Waals surface area contributed by atoms with Gasteiger partial charge in [-0.15, -0.1) is 0 Å². The first kappa shape index (κ1) is 12.2. The van der Waals surface area contributed by atoms with Crippen LogP contribution in [0.2, 0.25) is 0 Å². The highest BCUT2D eigenvalue weighted by Gasteiger charge is 2.12. The van der Waals surface area contributed by atoms with Crippen molar-refractivity contribution in [2.75, 3.05) is 7.11 Å². The highest BCUT2D eigenvalue weighted by atomic mass is 79.9. The largest absolute Gasteiger partial charge is 0.469 e. The van der Waals surface area contributed by atoms with Gasteiger partial charge < -0.3 is 4.74 Å². The fraction of sp³-hybridized carbons (Fsp3) is 0.417. The van der Waals surface area contributed by atoms with E-state index in [1.54, 1.807) is 0 Å². The summed E-state index contributed by atoms with van der Waals surface area (Å²) in [6.07, 6.45) is 0.352. The third-order valence-corrected chi connectivity index (χ3v) is 3.14. The molecule has 3 heteroatoms. The Bertz CT molecular complexity index is 372. The Hall–Kier alpha value is -0.830. The lowest BCUT2D eigenvalue weighted by Crippen LogP contribution is -2.09. The molecule has 0 heterocycles. The Labute approximate surface area is 98.8 Å². The topological polar surface area (TPSA) is 26.3 Å². The number of carbonyl (C=O) groups excluding carboxylic acids is 1. The summed E-state index contributed by atoms with van der Waals surface area (Å²) in [5.41, 5.74) is 4.62. The zero-order valence-corrected chi connectivity index (χ0v) is 10.8. The molecular formula is C12H15BrO2. The van der Waals surface area contributed by atoms with Crippen molar-refractivity contribution in [2.24, 2.45) is 0 Å². The predicted molar refractivity (Wildman–Crippen MR) is 64.3 cm³/mol. The minimum Gasteiger partial charge on any atom is -0.469 e. The zero-order chi connectivity index (χ0) is 11.4. The molecule has 0 bridgehead atoms. The van der Waals surface area contributed by atoms with E-state index in [4.69, 9.17) is 4.74 Å². The number of carbonyl (C=O) groups is 1. The van der Waals surface area contributed by atoms with E-state index in [1.807, 2.05) is 13.0 Å². The molecule has 0 aliphatic heterocycles. The Balaban J connectivity index is 3.13. The molecule has 0 aliphatic rings. The summed E-state index contributed by atoms with van der Waals surface area (Å²) in [5.74, 6) is -0.189. The number of methoxy groups -OCH3 is 1. The average molecular weight is 271 g/mol. The van der Waals surface area contributed by atoms with Crippen LogP contribution in [-0.2, 0) is 21.3 Å². The van der Waals surface area contributed by atoms with E-state index in [0.29, 0.717) is 6.42 Å². The molecule has 0 unspecified atom stereocenters. The first-order valence-corrected chi connectivity index (χ1v) is 5.93. The maximum atomic E-state index is 11.3. The number of hydrogen-bond donors (Lipinski definition) is 0. The molecule has 0 aliphatic carbocycles. The van der Waals surface area contributed by atoms with Crippen LogP contribution in [0.25, 0.3) is 0 Å². The maximum absolute atomic E-state index is 11.3. The van der Waals surface area contributed by atoms with Gasteiger partial charge in [0.05, 0.1) is 13.5 Å². The van der Waals surface area contributed by atoms with E-state index in [0.717, 1.165) is 16.5 Å². The molecule has 0 saturated carbocycles. The number of hydrogen-bond acceptors (Lipinski definition) is 2. The van der Waals surface area contributed by atoms with Crippen LogP contribution in [0.4, 0.5) is 0 Å². The Morgan fingerprint density at radius 2 is 1.80 bits per heavy atom. The molecule has 1 rings (SSSR count). The van der Waals surface area contributed by atoms with Crippen molar-refractivity contribution in [3.63, 3.8) is 0 Å². The van der Waals surface area contributed by atoms with Gasteiger partial charge in [0.1, 0.15) is 0 Å². The molecule has 0 fully saturated rings. The summed E-state index contributed by atoms with van der Waals surface area (Å²) in [6.45, 7) is 4.07. The van der Waals surface area contributed by atoms with Crippen molar-refractivity contribution in [1.82, 2.24) is 0 Å². The quantitative estimate of drug-likeness (QED) is 0.624. The summed E-state index contributed by atoms with van der Waals surface area (Å²) >= 11 is 3.45. The molecule has 0 aromatic heterocycles. The molecule has 0 saturated heterocycles. The molecule has 82 valence electrons. The normalized spacial score (nSPS) is 10.1. The van der Waals surface area contributed by atoms with E-state index in [9.17, 15) is 4.79 Å². The van der Waals surface area contributed by atoms with Gasteiger partial charge in [0, 0.05) is 5.33 Å². The number of ether oxygens (including phenoxy) is 1. The van der Waals surface area contributed by atoms with Crippen molar-refractivity contribution < 1.29 is 9.53 Å². The van der Waals surface area contributed by atoms with Gasteiger partial charge in [0.25, 0.3) is 0 Å². The number of esters is 1. The Morgan fingerprint density at radius 3 is 2.27 bits per heavy atom. The van der Waals surface area contributed by atoms with Gasteiger partial charge in [-0.05, 0) is 36.1 Å². The van der Waals surface area contributed by atoms with Gasteiger partial charge >= 0.3 is 5.97 Å². The van der Waals surface area contributed by atoms with Crippen LogP contribution in [0.5, 0.6) is 0 Å². The fourth-order valence-corrected chi connectivity index (χ4v) is 2.36. The predicted octanol–water partition coefficient (Wildman–Crippen LogP) is 2.91. The lowest BCUT2D eigenvalue weighted by Gasteiger charge is -2.12. The van der Waals surface area contributed by atoms with Gasteiger partial charge in [0.15, 0.2) is 0 Å². The van der Waals surface area contributed by atoms with Crippen molar-refractivity contribution in [3.8, 4) is 0 Å². The maximum Gasteiger partial charge on any atom is 0.309 e. The third-order valence-electron chi connectivity index (χ3n) is 2.58. The first-order valence-electron chi connectivity index (χ1n) is 4.81. The van der Waals surface area contributed by atoms with Crippen LogP contribution in [0.1, 0.15) is 22.3 Å². The van der Waals surface area contributed by atoms with Gasteiger partial charge in [-0.1, -0.05) is 28.1 Å². The van der Waals surface area contributed by atoms with Crippen molar-refractivity contribution in [3.05, 3.63) is 34.4 Å². The lowest BCUT2D eigenvalue weighted by atomic mass is 9.96. The molecule has 2 nitrogen and oxygen atoms in total. The molecule has 0 atom stereocenters. The molecule has 0 N–H and O–H groups in total. The number of aryl methyl sites for hydroxylation is 2. The average Bonchev–Trinajstić information content (AvgIpc) is 2.23. The number of benzene rings is 1. The molecule has 0 radical (unpaired) electrons. The molecule has 0 spiro atoms. The van der Waals surface area contributed by atoms with Crippen LogP contribution in [0.15, 0.2) is 12.1 Å². The summed E-state index contributed by atoms with van der Waals surface area (Å²) in [5, 5.41) is 0.771. The van der Waals surface area contributed by atoms with Crippen LogP contribution in [0, 0.1) is 13.8 Å². The van der Waals surface area contributed by atoms with E-state index >= 15 is 0 Å². The van der Waals surface area contributed by atoms with Gasteiger partial charge in [0.2, 0.25) is 0 Å². The summed E-state index contributed by atoms with van der Waals surface area (Å²) in [6, 6.07) is 4.12. The summed E-state index contributed by atoms with van der Waals surface area (Å²) in [4.78, 5) is 11.3. The van der Waals surface area contributed by atoms with Crippen LogP contribution in [0.3, 0.4) is 0 Å². The van der Waals surface area contributed by atoms with Gasteiger partial charge in [-0.2, -0.15) is 0 Å². The lowest BCUT2D eigenvalue weighted by molar-refractivity contribution is -0.139. The standard InChI is InChI=1S/C12H15BrO2/c1-8-4-5-9(2)11(7-13)10(8)6-12(14)15-3/h4-5H,6-7H2,1-3H3. The summed E-state index contributed by atoms with van der Waals surface area (Å²) in [7, 11) is 1.42. The minimum absolute atomic E-state index is 0.189. The fourth-order valence-electron chi connectivity index (χ4n) is 1.58. The second kappa shape index (κ2) is 5.31. The molecule has 15 heavy (non-hydrogen) atoms. The van der Waals surface area contributed by atoms with Gasteiger partial charge in [-0.3, -0.25) is 4.79 Å². The second-order valence-electron chi connectivity index (χ2n) is 3.54. The zero-order valence-electron chi connectivity index (χ0n) is 9.26. The first-order chi connectivity index (χ1) is 7.10. The van der Waals surface area contributed by atoms with E-state index < -0.39 is 0 Å². The summed E-state index contributed by atoms with van der Waals surface area (Å²) < 4.78 is 4.69. The van der Waals surface area contributed by atoms with Crippen LogP contribution in [-0.4, -0.2) is 13.1 Å². The highest BCUT2D eigenvalue weighted by molar-refractivity contribution is 9.08. The van der Waals surface area contributed by atoms with E-state index in [-0.39, 0.29) is 5.97 Å². The third kappa shape index (κ3) is 2.81. The van der Waals surface area contributed by atoms with Gasteiger partial charge in [-0.25, -0.2) is 0 Å². The van der Waals surface area contributed by atoms with Crippen molar-refractivity contribution >= 4 is 21.9 Å². The molecule has 1 aromatic carbocycles. The van der Waals surface area contributed by atoms with Crippen molar-refractivity contribution in [1.29, 1.82) is 0 Å². The Morgan fingerprint density at radius 1 is 1.27 bits per heavy atom. The number of halogens is 1. The molecule has 0 amide bonds. The van der Waals surface area contributed by atoms with Crippen LogP contribution >= 0.6 is 15.9 Å². The molecule has 1 aromatic rings. The monoisotopic (exact) mass is 270 g/mol. The van der Waals surface area contributed by atoms with Crippen LogP contribution < -0.4 is 0 Å². The smallest absolute Gasteiger partial charge is 0.309 e. The molecular weight excluding hydrogens is 256 g/mol. The SMILES string of the molecule is COC(=O)Cc1c(C)ccc(C)c1CBr. The van der Waals surface area contributed by atoms with Crippen molar-refractivity contribution in [2.45, 2.75) is 25.6 Å². The number of rotatable bonds is 3.